The van der Waals surface area contributed by atoms with Gasteiger partial charge in [-0.2, -0.15) is 0 Å². The lowest BCUT2D eigenvalue weighted by molar-refractivity contribution is 0.0992. The van der Waals surface area contributed by atoms with Gasteiger partial charge in [0.2, 0.25) is 0 Å². The minimum absolute atomic E-state index is 0.00412. The fourth-order valence-corrected chi connectivity index (χ4v) is 2.34. The largest absolute Gasteiger partial charge is 0.294 e. The van der Waals surface area contributed by atoms with Crippen LogP contribution in [0.4, 0.5) is 4.39 Å². The maximum atomic E-state index is 13.2. The zero-order chi connectivity index (χ0) is 11.8. The first kappa shape index (κ1) is 10.2. The number of hydrogen-bond acceptors (Lipinski definition) is 1. The van der Waals surface area contributed by atoms with E-state index >= 15 is 0 Å². The van der Waals surface area contributed by atoms with Crippen LogP contribution in [-0.4, -0.2) is 5.78 Å². The van der Waals surface area contributed by atoms with Gasteiger partial charge in [-0.1, -0.05) is 30.3 Å². The van der Waals surface area contributed by atoms with Crippen LogP contribution < -0.4 is 0 Å². The van der Waals surface area contributed by atoms with Crippen molar-refractivity contribution in [1.82, 2.24) is 0 Å². The smallest absolute Gasteiger partial charge is 0.167 e. The molecular formula is C15H11FO. The zero-order valence-corrected chi connectivity index (χ0v) is 9.24. The van der Waals surface area contributed by atoms with Crippen LogP contribution in [0, 0.1) is 5.82 Å². The maximum absolute atomic E-state index is 13.2. The van der Waals surface area contributed by atoms with E-state index < -0.39 is 0 Å². The van der Waals surface area contributed by atoms with E-state index in [-0.39, 0.29) is 11.6 Å². The van der Waals surface area contributed by atoms with Gasteiger partial charge in [-0.3, -0.25) is 4.79 Å². The molecule has 0 spiro atoms. The van der Waals surface area contributed by atoms with Gasteiger partial charge in [-0.05, 0) is 35.2 Å². The van der Waals surface area contributed by atoms with E-state index in [1.165, 1.54) is 12.1 Å². The molecule has 2 aromatic carbocycles. The molecule has 0 fully saturated rings. The summed E-state index contributed by atoms with van der Waals surface area (Å²) >= 11 is 0. The average Bonchev–Trinajstić information content (AvgIpc) is 2.46. The molecule has 2 aromatic rings. The van der Waals surface area contributed by atoms with Crippen molar-refractivity contribution in [3.63, 3.8) is 0 Å². The number of rotatable bonds is 0. The third-order valence-corrected chi connectivity index (χ3v) is 3.22. The van der Waals surface area contributed by atoms with Crippen molar-refractivity contribution in [1.29, 1.82) is 0 Å². The first-order chi connectivity index (χ1) is 8.24. The molecular weight excluding hydrogens is 215 g/mol. The summed E-state index contributed by atoms with van der Waals surface area (Å²) in [4.78, 5) is 12.1. The summed E-state index contributed by atoms with van der Waals surface area (Å²) in [5.41, 5.74) is 3.66. The van der Waals surface area contributed by atoms with Crippen LogP contribution >= 0.6 is 0 Å². The maximum Gasteiger partial charge on any atom is 0.167 e. The van der Waals surface area contributed by atoms with Crippen molar-refractivity contribution >= 4 is 5.78 Å². The Bertz CT molecular complexity index is 602. The molecule has 0 aliphatic heterocycles. The molecule has 1 aliphatic carbocycles. The molecule has 1 aliphatic rings. The molecule has 0 aromatic heterocycles. The summed E-state index contributed by atoms with van der Waals surface area (Å²) in [5, 5.41) is 0. The Labute approximate surface area is 98.9 Å². The summed E-state index contributed by atoms with van der Waals surface area (Å²) < 4.78 is 13.2. The molecule has 3 rings (SSSR count). The second-order valence-corrected chi connectivity index (χ2v) is 4.35. The predicted molar refractivity (Wildman–Crippen MR) is 63.7 cm³/mol. The highest BCUT2D eigenvalue weighted by atomic mass is 19.1. The number of hydrogen-bond donors (Lipinski definition) is 0. The van der Waals surface area contributed by atoms with E-state index in [9.17, 15) is 9.18 Å². The Morgan fingerprint density at radius 2 is 1.59 bits per heavy atom. The normalized spacial score (nSPS) is 13.8. The van der Waals surface area contributed by atoms with Gasteiger partial charge in [-0.15, -0.1) is 0 Å². The van der Waals surface area contributed by atoms with Gasteiger partial charge < -0.3 is 0 Å². The van der Waals surface area contributed by atoms with Gasteiger partial charge >= 0.3 is 0 Å². The van der Waals surface area contributed by atoms with Crippen molar-refractivity contribution in [2.75, 3.05) is 0 Å². The molecule has 1 nitrogen and oxygen atoms in total. The molecule has 0 amide bonds. The van der Waals surface area contributed by atoms with E-state index in [2.05, 4.69) is 0 Å². The molecule has 0 bridgehead atoms. The molecule has 2 heteroatoms. The number of Topliss-reactive ketones (excluding diaryl/α,β-unsaturated/α-hetero) is 1. The van der Waals surface area contributed by atoms with Crippen molar-refractivity contribution in [2.24, 2.45) is 0 Å². The molecule has 0 saturated heterocycles. The van der Waals surface area contributed by atoms with Crippen molar-refractivity contribution in [3.05, 3.63) is 70.5 Å². The molecule has 17 heavy (non-hydrogen) atoms. The molecule has 0 saturated carbocycles. The fraction of sp³-hybridized carbons (Fsp3) is 0.133. The first-order valence-electron chi connectivity index (χ1n) is 5.62. The van der Waals surface area contributed by atoms with E-state index in [0.717, 1.165) is 16.7 Å². The highest BCUT2D eigenvalue weighted by molar-refractivity contribution is 5.99. The van der Waals surface area contributed by atoms with Gasteiger partial charge in [0.1, 0.15) is 5.82 Å². The van der Waals surface area contributed by atoms with Crippen LogP contribution in [0.1, 0.15) is 27.0 Å². The lowest BCUT2D eigenvalue weighted by Gasteiger charge is -2.04. The Morgan fingerprint density at radius 3 is 2.35 bits per heavy atom. The van der Waals surface area contributed by atoms with Crippen molar-refractivity contribution < 1.29 is 9.18 Å². The topological polar surface area (TPSA) is 17.1 Å². The van der Waals surface area contributed by atoms with Crippen LogP contribution in [-0.2, 0) is 12.8 Å². The van der Waals surface area contributed by atoms with Crippen LogP contribution in [0.15, 0.2) is 42.5 Å². The van der Waals surface area contributed by atoms with Crippen LogP contribution in [0.3, 0.4) is 0 Å². The van der Waals surface area contributed by atoms with Crippen molar-refractivity contribution in [3.8, 4) is 0 Å². The predicted octanol–water partition coefficient (Wildman–Crippen LogP) is 3.16. The highest BCUT2D eigenvalue weighted by Crippen LogP contribution is 2.24. The van der Waals surface area contributed by atoms with Crippen LogP contribution in [0.2, 0.25) is 0 Å². The summed E-state index contributed by atoms with van der Waals surface area (Å²) in [7, 11) is 0. The minimum Gasteiger partial charge on any atom is -0.294 e. The highest BCUT2D eigenvalue weighted by Gasteiger charge is 2.19. The lowest BCUT2D eigenvalue weighted by atomic mass is 10.0. The zero-order valence-electron chi connectivity index (χ0n) is 9.24. The Balaban J connectivity index is 2.17. The van der Waals surface area contributed by atoms with Gasteiger partial charge in [0.15, 0.2) is 5.78 Å². The number of halogens is 1. The standard InChI is InChI=1S/C15H11FO/c16-13-6-5-12-7-10-3-1-2-4-11(10)8-15(17)14(12)9-13/h1-6,9H,7-8H2. The third kappa shape index (κ3) is 1.76. The minimum atomic E-state index is -0.344. The summed E-state index contributed by atoms with van der Waals surface area (Å²) in [6.45, 7) is 0. The number of carbonyl (C=O) groups is 1. The fourth-order valence-electron chi connectivity index (χ4n) is 2.34. The summed E-state index contributed by atoms with van der Waals surface area (Å²) in [5.74, 6) is -0.340. The van der Waals surface area contributed by atoms with Crippen LogP contribution in [0.25, 0.3) is 0 Å². The molecule has 0 radical (unpaired) electrons. The average molecular weight is 226 g/mol. The van der Waals surface area contributed by atoms with E-state index in [1.54, 1.807) is 6.07 Å². The number of fused-ring (bicyclic) bond motifs is 2. The molecule has 0 heterocycles. The molecule has 0 atom stereocenters. The Morgan fingerprint density at radius 1 is 0.882 bits per heavy atom. The first-order valence-corrected chi connectivity index (χ1v) is 5.62. The quantitative estimate of drug-likeness (QED) is 0.674. The van der Waals surface area contributed by atoms with E-state index in [0.29, 0.717) is 18.4 Å². The Kier molecular flexibility index (Phi) is 2.29. The van der Waals surface area contributed by atoms with Gasteiger partial charge in [-0.25, -0.2) is 4.39 Å². The van der Waals surface area contributed by atoms with E-state index in [4.69, 9.17) is 0 Å². The second kappa shape index (κ2) is 3.81. The number of benzene rings is 2. The third-order valence-electron chi connectivity index (χ3n) is 3.22. The molecule has 0 unspecified atom stereocenters. The Hall–Kier alpha value is -1.96. The molecule has 0 N–H and O–H groups in total. The van der Waals surface area contributed by atoms with E-state index in [1.807, 2.05) is 24.3 Å². The second-order valence-electron chi connectivity index (χ2n) is 4.35. The van der Waals surface area contributed by atoms with Crippen LogP contribution in [0.5, 0.6) is 0 Å². The SMILES string of the molecule is O=C1Cc2ccccc2Cc2ccc(F)cc21. The van der Waals surface area contributed by atoms with Crippen molar-refractivity contribution in [2.45, 2.75) is 12.8 Å². The van der Waals surface area contributed by atoms with Gasteiger partial charge in [0.25, 0.3) is 0 Å². The monoisotopic (exact) mass is 226 g/mol. The van der Waals surface area contributed by atoms with Gasteiger partial charge in [0, 0.05) is 12.0 Å². The number of carbonyl (C=O) groups excluding carboxylic acids is 1. The van der Waals surface area contributed by atoms with Gasteiger partial charge in [0.05, 0.1) is 0 Å². The summed E-state index contributed by atoms with van der Waals surface area (Å²) in [6, 6.07) is 12.4. The lowest BCUT2D eigenvalue weighted by Crippen LogP contribution is -2.04. The molecule has 84 valence electrons. The number of ketones is 1. The summed E-state index contributed by atoms with van der Waals surface area (Å²) in [6.07, 6.45) is 1.07.